The molecule has 1 aliphatic heterocycles. The molecule has 0 atom stereocenters. The molecule has 0 spiro atoms. The van der Waals surface area contributed by atoms with Crippen LogP contribution in [0.4, 0.5) is 0 Å². The van der Waals surface area contributed by atoms with Gasteiger partial charge in [0.05, 0.1) is 0 Å². The van der Waals surface area contributed by atoms with Crippen LogP contribution in [0.5, 0.6) is 0 Å². The van der Waals surface area contributed by atoms with E-state index in [9.17, 15) is 4.79 Å². The predicted octanol–water partition coefficient (Wildman–Crippen LogP) is 0.603. The van der Waals surface area contributed by atoms with E-state index in [1.54, 1.807) is 4.90 Å². The number of carbonyl (C=O) groups is 1. The molecule has 1 amide bonds. The van der Waals surface area contributed by atoms with Crippen molar-refractivity contribution >= 4 is 5.91 Å². The van der Waals surface area contributed by atoms with Gasteiger partial charge in [0.15, 0.2) is 0 Å². The standard InChI is InChI=1S/C7H13NO2/c1-2-8-6-10-5-3-4-7(8)9/h2-6H2,1H3. The molecule has 0 N–H and O–H groups in total. The van der Waals surface area contributed by atoms with Crippen LogP contribution in [0.3, 0.4) is 0 Å². The number of carbonyl (C=O) groups excluding carboxylic acids is 1. The van der Waals surface area contributed by atoms with Crippen LogP contribution in [0.15, 0.2) is 0 Å². The molecule has 3 nitrogen and oxygen atoms in total. The minimum absolute atomic E-state index is 0.222. The van der Waals surface area contributed by atoms with Crippen LogP contribution in [-0.2, 0) is 9.53 Å². The van der Waals surface area contributed by atoms with Crippen LogP contribution in [0.25, 0.3) is 0 Å². The third kappa shape index (κ3) is 1.70. The summed E-state index contributed by atoms with van der Waals surface area (Å²) in [4.78, 5) is 12.8. The van der Waals surface area contributed by atoms with Gasteiger partial charge in [-0.2, -0.15) is 0 Å². The Balaban J connectivity index is 2.43. The molecule has 0 aromatic carbocycles. The molecular weight excluding hydrogens is 130 g/mol. The summed E-state index contributed by atoms with van der Waals surface area (Å²) in [5.41, 5.74) is 0. The van der Waals surface area contributed by atoms with Crippen LogP contribution in [0.1, 0.15) is 19.8 Å². The summed E-state index contributed by atoms with van der Waals surface area (Å²) in [5, 5.41) is 0. The van der Waals surface area contributed by atoms with E-state index in [1.165, 1.54) is 0 Å². The zero-order chi connectivity index (χ0) is 7.40. The molecule has 1 saturated heterocycles. The molecule has 0 saturated carbocycles. The van der Waals surface area contributed by atoms with Gasteiger partial charge in [0.1, 0.15) is 6.73 Å². The average molecular weight is 143 g/mol. The number of hydrogen-bond acceptors (Lipinski definition) is 2. The molecule has 0 unspecified atom stereocenters. The summed E-state index contributed by atoms with van der Waals surface area (Å²) in [6, 6.07) is 0. The maximum Gasteiger partial charge on any atom is 0.224 e. The Morgan fingerprint density at radius 3 is 3.20 bits per heavy atom. The van der Waals surface area contributed by atoms with Crippen LogP contribution in [0.2, 0.25) is 0 Å². The highest BCUT2D eigenvalue weighted by atomic mass is 16.5. The molecule has 0 aromatic heterocycles. The topological polar surface area (TPSA) is 29.5 Å². The maximum atomic E-state index is 11.1. The van der Waals surface area contributed by atoms with Gasteiger partial charge in [-0.3, -0.25) is 4.79 Å². The Labute approximate surface area is 61.0 Å². The zero-order valence-corrected chi connectivity index (χ0v) is 6.30. The smallest absolute Gasteiger partial charge is 0.224 e. The molecule has 1 rings (SSSR count). The highest BCUT2D eigenvalue weighted by Gasteiger charge is 2.13. The maximum absolute atomic E-state index is 11.1. The van der Waals surface area contributed by atoms with E-state index in [0.717, 1.165) is 19.6 Å². The summed E-state index contributed by atoms with van der Waals surface area (Å²) >= 11 is 0. The predicted molar refractivity (Wildman–Crippen MR) is 37.4 cm³/mol. The van der Waals surface area contributed by atoms with Crippen LogP contribution < -0.4 is 0 Å². The molecule has 1 fully saturated rings. The van der Waals surface area contributed by atoms with Crippen molar-refractivity contribution < 1.29 is 9.53 Å². The highest BCUT2D eigenvalue weighted by molar-refractivity contribution is 5.76. The molecular formula is C7H13NO2. The fourth-order valence-corrected chi connectivity index (χ4v) is 0.998. The molecule has 0 aliphatic carbocycles. The molecule has 0 aromatic rings. The third-order valence-corrected chi connectivity index (χ3v) is 1.66. The molecule has 0 radical (unpaired) electrons. The Morgan fingerprint density at radius 1 is 1.70 bits per heavy atom. The zero-order valence-electron chi connectivity index (χ0n) is 6.30. The lowest BCUT2D eigenvalue weighted by atomic mass is 10.3. The number of amides is 1. The van der Waals surface area contributed by atoms with E-state index in [0.29, 0.717) is 13.2 Å². The van der Waals surface area contributed by atoms with E-state index in [-0.39, 0.29) is 5.91 Å². The van der Waals surface area contributed by atoms with Gasteiger partial charge in [-0.05, 0) is 13.3 Å². The fourth-order valence-electron chi connectivity index (χ4n) is 0.998. The monoisotopic (exact) mass is 143 g/mol. The molecule has 1 aliphatic rings. The van der Waals surface area contributed by atoms with E-state index >= 15 is 0 Å². The van der Waals surface area contributed by atoms with E-state index in [4.69, 9.17) is 4.74 Å². The SMILES string of the molecule is CCN1COCCCC1=O. The number of ether oxygens (including phenoxy) is 1. The third-order valence-electron chi connectivity index (χ3n) is 1.66. The Morgan fingerprint density at radius 2 is 2.50 bits per heavy atom. The van der Waals surface area contributed by atoms with Gasteiger partial charge in [0.25, 0.3) is 0 Å². The van der Waals surface area contributed by atoms with Crippen molar-refractivity contribution in [2.24, 2.45) is 0 Å². The first-order chi connectivity index (χ1) is 4.84. The van der Waals surface area contributed by atoms with Gasteiger partial charge in [0, 0.05) is 19.6 Å². The first kappa shape index (κ1) is 7.54. The summed E-state index contributed by atoms with van der Waals surface area (Å²) in [7, 11) is 0. The largest absolute Gasteiger partial charge is 0.361 e. The van der Waals surface area contributed by atoms with Gasteiger partial charge < -0.3 is 9.64 Å². The summed E-state index contributed by atoms with van der Waals surface area (Å²) in [5.74, 6) is 0.222. The molecule has 1 heterocycles. The quantitative estimate of drug-likeness (QED) is 0.538. The van der Waals surface area contributed by atoms with Crippen molar-refractivity contribution in [2.75, 3.05) is 19.9 Å². The lowest BCUT2D eigenvalue weighted by Gasteiger charge is -2.16. The van der Waals surface area contributed by atoms with Gasteiger partial charge in [-0.25, -0.2) is 0 Å². The second kappa shape index (κ2) is 3.56. The van der Waals surface area contributed by atoms with Crippen molar-refractivity contribution in [1.82, 2.24) is 4.90 Å². The normalized spacial score (nSPS) is 20.9. The van der Waals surface area contributed by atoms with Crippen molar-refractivity contribution in [1.29, 1.82) is 0 Å². The van der Waals surface area contributed by atoms with Crippen molar-refractivity contribution in [3.8, 4) is 0 Å². The van der Waals surface area contributed by atoms with E-state index < -0.39 is 0 Å². The second-order valence-electron chi connectivity index (χ2n) is 2.39. The lowest BCUT2D eigenvalue weighted by Crippen LogP contribution is -2.30. The average Bonchev–Trinajstić information content (AvgIpc) is 2.13. The molecule has 0 bridgehead atoms. The first-order valence-electron chi connectivity index (χ1n) is 3.70. The highest BCUT2D eigenvalue weighted by Crippen LogP contribution is 2.03. The molecule has 58 valence electrons. The fraction of sp³-hybridized carbons (Fsp3) is 0.857. The summed E-state index contributed by atoms with van der Waals surface area (Å²) in [6.45, 7) is 3.93. The van der Waals surface area contributed by atoms with Crippen LogP contribution >= 0.6 is 0 Å². The first-order valence-corrected chi connectivity index (χ1v) is 3.70. The van der Waals surface area contributed by atoms with Gasteiger partial charge in [0.2, 0.25) is 5.91 Å². The number of nitrogens with zero attached hydrogens (tertiary/aromatic N) is 1. The minimum atomic E-state index is 0.222. The van der Waals surface area contributed by atoms with Crippen molar-refractivity contribution in [3.05, 3.63) is 0 Å². The Bertz CT molecular complexity index is 125. The minimum Gasteiger partial charge on any atom is -0.361 e. The summed E-state index contributed by atoms with van der Waals surface area (Å²) < 4.78 is 5.17. The molecule has 10 heavy (non-hydrogen) atoms. The Hall–Kier alpha value is -0.570. The van der Waals surface area contributed by atoms with Crippen LogP contribution in [-0.4, -0.2) is 30.7 Å². The van der Waals surface area contributed by atoms with E-state index in [2.05, 4.69) is 0 Å². The Kier molecular flexibility index (Phi) is 2.68. The van der Waals surface area contributed by atoms with E-state index in [1.807, 2.05) is 6.92 Å². The van der Waals surface area contributed by atoms with Crippen molar-refractivity contribution in [2.45, 2.75) is 19.8 Å². The van der Waals surface area contributed by atoms with Crippen molar-refractivity contribution in [3.63, 3.8) is 0 Å². The lowest BCUT2D eigenvalue weighted by molar-refractivity contribution is -0.133. The molecule has 3 heteroatoms. The second-order valence-corrected chi connectivity index (χ2v) is 2.39. The number of rotatable bonds is 1. The summed E-state index contributed by atoms with van der Waals surface area (Å²) in [6.07, 6.45) is 1.52. The number of hydrogen-bond donors (Lipinski definition) is 0. The van der Waals surface area contributed by atoms with Gasteiger partial charge in [-0.15, -0.1) is 0 Å². The van der Waals surface area contributed by atoms with Gasteiger partial charge in [-0.1, -0.05) is 0 Å². The van der Waals surface area contributed by atoms with Gasteiger partial charge >= 0.3 is 0 Å². The van der Waals surface area contributed by atoms with Crippen LogP contribution in [0, 0.1) is 0 Å².